The Balaban J connectivity index is 0.793. The second-order valence-corrected chi connectivity index (χ2v) is 23.3. The average Bonchev–Trinajstić information content (AvgIpc) is 3.67. The molecular formula is C57H84O18. The highest BCUT2D eigenvalue weighted by molar-refractivity contribution is 5.87. The molecule has 4 N–H and O–H groups in total. The molecule has 0 amide bonds. The predicted molar refractivity (Wildman–Crippen MR) is 269 cm³/mol. The minimum Gasteiger partial charge on any atom is -0.458 e. The molecule has 18 heteroatoms. The van der Waals surface area contributed by atoms with Gasteiger partial charge in [0.05, 0.1) is 54.9 Å². The number of carbonyl (C=O) groups is 2. The standard InChI is InChI=1S/C57H84O18/c1-30(58)38-20-23-57(63)55(38,7)44(72-45(60)17-16-35-14-12-11-13-15-35)29-43-54(6)21-19-37(24-36(54)18-22-56(43,57)62)71-47-27-41(65-9)52(33(4)69-47)74-46-25-39(59)51(32(3)68-46)73-49-28-42(66-10)53(34(5)70-49)75-48-26-40(64-8)50(61)31(2)67-48/h11-18,31-34,37-44,46-53,59,61-63H,19-29H2,1-10H3. The van der Waals surface area contributed by atoms with E-state index in [9.17, 15) is 30.0 Å². The minimum atomic E-state index is -1.69. The van der Waals surface area contributed by atoms with E-state index in [4.69, 9.17) is 56.8 Å². The molecule has 1 aromatic rings. The Bertz CT molecular complexity index is 2180. The van der Waals surface area contributed by atoms with Crippen LogP contribution in [0.25, 0.3) is 6.08 Å². The van der Waals surface area contributed by atoms with Crippen molar-refractivity contribution in [1.29, 1.82) is 0 Å². The van der Waals surface area contributed by atoms with E-state index in [2.05, 4.69) is 13.0 Å². The van der Waals surface area contributed by atoms with Crippen LogP contribution in [0.3, 0.4) is 0 Å². The molecule has 4 aliphatic heterocycles. The average molecular weight is 1060 g/mol. The molecule has 1 aromatic carbocycles. The number of ether oxygens (including phenoxy) is 12. The van der Waals surface area contributed by atoms with Crippen LogP contribution in [0, 0.1) is 22.7 Å². The van der Waals surface area contributed by atoms with Crippen LogP contribution in [-0.2, 0) is 66.4 Å². The van der Waals surface area contributed by atoms with E-state index in [-0.39, 0.29) is 37.6 Å². The van der Waals surface area contributed by atoms with E-state index in [1.807, 2.05) is 58.0 Å². The Morgan fingerprint density at radius 2 is 1.23 bits per heavy atom. The molecular weight excluding hydrogens is 973 g/mol. The molecule has 3 saturated carbocycles. The van der Waals surface area contributed by atoms with Crippen molar-refractivity contribution in [2.24, 2.45) is 22.7 Å². The molecule has 0 spiro atoms. The molecule has 8 aliphatic rings. The fourth-order valence-electron chi connectivity index (χ4n) is 14.8. The first kappa shape index (κ1) is 56.9. The molecule has 9 rings (SSSR count). The topological polar surface area (TPSA) is 226 Å². The lowest BCUT2D eigenvalue weighted by molar-refractivity contribution is -0.346. The summed E-state index contributed by atoms with van der Waals surface area (Å²) in [6.45, 7) is 12.9. The van der Waals surface area contributed by atoms with Crippen LogP contribution < -0.4 is 0 Å². The van der Waals surface area contributed by atoms with Crippen molar-refractivity contribution in [3.63, 3.8) is 0 Å². The highest BCUT2D eigenvalue weighted by Crippen LogP contribution is 2.70. The van der Waals surface area contributed by atoms with Crippen LogP contribution >= 0.6 is 0 Å². The molecule has 4 heterocycles. The van der Waals surface area contributed by atoms with Crippen molar-refractivity contribution in [1.82, 2.24) is 0 Å². The molecule has 24 atom stereocenters. The van der Waals surface area contributed by atoms with E-state index in [0.717, 1.165) is 11.1 Å². The summed E-state index contributed by atoms with van der Waals surface area (Å²) in [7, 11) is 4.79. The first-order valence-corrected chi connectivity index (χ1v) is 27.4. The van der Waals surface area contributed by atoms with Gasteiger partial charge in [0.2, 0.25) is 0 Å². The number of Topliss-reactive ketones (excluding diaryl/α,β-unsaturated/α-hetero) is 1. The number of fused-ring (bicyclic) bond motifs is 5. The fraction of sp³-hybridized carbons (Fsp3) is 0.789. The molecule has 4 aliphatic carbocycles. The summed E-state index contributed by atoms with van der Waals surface area (Å²) in [6.07, 6.45) is -1.09. The summed E-state index contributed by atoms with van der Waals surface area (Å²) in [5.41, 5.74) is -3.05. The van der Waals surface area contributed by atoms with E-state index in [0.29, 0.717) is 44.9 Å². The van der Waals surface area contributed by atoms with Gasteiger partial charge in [-0.05, 0) is 96.6 Å². The number of methoxy groups -OCH3 is 3. The quantitative estimate of drug-likeness (QED) is 0.0971. The Labute approximate surface area is 441 Å². The summed E-state index contributed by atoms with van der Waals surface area (Å²) in [6, 6.07) is 9.45. The first-order valence-electron chi connectivity index (χ1n) is 27.4. The van der Waals surface area contributed by atoms with Gasteiger partial charge in [0.15, 0.2) is 25.2 Å². The molecule has 0 radical (unpaired) electrons. The van der Waals surface area contributed by atoms with Gasteiger partial charge in [0.25, 0.3) is 0 Å². The largest absolute Gasteiger partial charge is 0.458 e. The maximum Gasteiger partial charge on any atom is 0.331 e. The van der Waals surface area contributed by atoms with Crippen LogP contribution in [0.5, 0.6) is 0 Å². The SMILES string of the molecule is COC1CC(OC2C(C)OC(OC3C(O)CC(OC4C(C)OC(OC5CCC6(C)C(=CCC7(O)C6CC(OC(=O)C=Cc6ccccc6)C6(C)C(C(C)=O)CCC76O)C5)CC4OC)OC3C)CC2OC)OC(C)C1O. The zero-order valence-electron chi connectivity index (χ0n) is 45.4. The van der Waals surface area contributed by atoms with Gasteiger partial charge >= 0.3 is 5.97 Å². The third-order valence-electron chi connectivity index (χ3n) is 19.1. The van der Waals surface area contributed by atoms with Crippen molar-refractivity contribution in [2.75, 3.05) is 21.3 Å². The summed E-state index contributed by atoms with van der Waals surface area (Å²) in [5.74, 6) is -1.71. The highest BCUT2D eigenvalue weighted by atomic mass is 16.8. The second kappa shape index (κ2) is 22.8. The van der Waals surface area contributed by atoms with Gasteiger partial charge in [0, 0.05) is 70.3 Å². The predicted octanol–water partition coefficient (Wildman–Crippen LogP) is 5.47. The lowest BCUT2D eigenvalue weighted by atomic mass is 9.43. The van der Waals surface area contributed by atoms with Crippen molar-refractivity contribution in [2.45, 2.75) is 241 Å². The van der Waals surface area contributed by atoms with Crippen molar-refractivity contribution in [3.8, 4) is 0 Å². The molecule has 18 nitrogen and oxygen atoms in total. The lowest BCUT2D eigenvalue weighted by Gasteiger charge is -2.66. The molecule has 420 valence electrons. The van der Waals surface area contributed by atoms with Crippen LogP contribution in [0.2, 0.25) is 0 Å². The van der Waals surface area contributed by atoms with Gasteiger partial charge in [-0.15, -0.1) is 0 Å². The number of benzene rings is 1. The number of aliphatic hydroxyl groups excluding tert-OH is 2. The first-order chi connectivity index (χ1) is 35.7. The van der Waals surface area contributed by atoms with Crippen molar-refractivity contribution >= 4 is 17.8 Å². The highest BCUT2D eigenvalue weighted by Gasteiger charge is 2.77. The van der Waals surface area contributed by atoms with Gasteiger partial charge in [0.1, 0.15) is 47.5 Å². The van der Waals surface area contributed by atoms with E-state index < -0.39 is 144 Å². The molecule has 75 heavy (non-hydrogen) atoms. The summed E-state index contributed by atoms with van der Waals surface area (Å²) in [5, 5.41) is 47.9. The van der Waals surface area contributed by atoms with Crippen molar-refractivity contribution in [3.05, 3.63) is 53.6 Å². The number of aliphatic hydroxyl groups is 4. The smallest absolute Gasteiger partial charge is 0.331 e. The number of rotatable bonds is 15. The monoisotopic (exact) mass is 1060 g/mol. The Morgan fingerprint density at radius 3 is 1.81 bits per heavy atom. The van der Waals surface area contributed by atoms with Gasteiger partial charge in [-0.25, -0.2) is 4.79 Å². The second-order valence-electron chi connectivity index (χ2n) is 23.3. The Kier molecular flexibility index (Phi) is 17.3. The molecule has 0 aromatic heterocycles. The summed E-state index contributed by atoms with van der Waals surface area (Å²) >= 11 is 0. The fourth-order valence-corrected chi connectivity index (χ4v) is 14.8. The van der Waals surface area contributed by atoms with Gasteiger partial charge < -0.3 is 77.3 Å². The minimum absolute atomic E-state index is 0.0923. The molecule has 4 saturated heterocycles. The zero-order valence-corrected chi connectivity index (χ0v) is 45.4. The number of ketones is 1. The third-order valence-corrected chi connectivity index (χ3v) is 19.1. The lowest BCUT2D eigenvalue weighted by Crippen LogP contribution is -2.75. The van der Waals surface area contributed by atoms with Gasteiger partial charge in [-0.2, -0.15) is 0 Å². The van der Waals surface area contributed by atoms with Crippen LogP contribution in [-0.4, -0.2) is 175 Å². The number of hydrogen-bond acceptors (Lipinski definition) is 18. The molecule has 0 bridgehead atoms. The molecule has 7 fully saturated rings. The van der Waals surface area contributed by atoms with E-state index in [1.165, 1.54) is 13.0 Å². The number of hydrogen-bond donors (Lipinski definition) is 4. The number of carbonyl (C=O) groups excluding carboxylic acids is 2. The van der Waals surface area contributed by atoms with E-state index in [1.54, 1.807) is 34.3 Å². The van der Waals surface area contributed by atoms with Crippen LogP contribution in [0.1, 0.15) is 125 Å². The van der Waals surface area contributed by atoms with Gasteiger partial charge in [-0.1, -0.05) is 55.8 Å². The van der Waals surface area contributed by atoms with Gasteiger partial charge in [-0.3, -0.25) is 4.79 Å². The number of esters is 1. The summed E-state index contributed by atoms with van der Waals surface area (Å²) in [4.78, 5) is 26.8. The molecule has 24 unspecified atom stereocenters. The van der Waals surface area contributed by atoms with Crippen molar-refractivity contribution < 1.29 is 86.9 Å². The van der Waals surface area contributed by atoms with E-state index >= 15 is 0 Å². The maximum atomic E-state index is 13.6. The Morgan fingerprint density at radius 1 is 0.680 bits per heavy atom. The summed E-state index contributed by atoms with van der Waals surface area (Å²) < 4.78 is 74.8. The zero-order chi connectivity index (χ0) is 53.8. The Hall–Kier alpha value is -2.76. The third kappa shape index (κ3) is 10.8. The normalized spacial score (nSPS) is 48.1. The maximum absolute atomic E-state index is 13.6. The van der Waals surface area contributed by atoms with Crippen LogP contribution in [0.15, 0.2) is 48.1 Å². The van der Waals surface area contributed by atoms with Crippen LogP contribution in [0.4, 0.5) is 0 Å².